The van der Waals surface area contributed by atoms with Crippen molar-refractivity contribution in [2.45, 2.75) is 19.4 Å². The molecule has 1 spiro atoms. The molecule has 1 aromatic carbocycles. The largest absolute Gasteiger partial charge is 0.316 e. The fraction of sp³-hybridized carbons (Fsp3) is 0.571. The highest BCUT2D eigenvalue weighted by Gasteiger charge is 2.40. The van der Waals surface area contributed by atoms with Crippen LogP contribution in [0.2, 0.25) is 0 Å². The standard InChI is InChI=1S/C14H17F3N2.ClH/c15-11-5-10(6-12(16)13(11)17)7-19-4-2-14(9-19)1-3-18-8-14;/h5-6,18H,1-4,7-9H2;1H. The third-order valence-corrected chi connectivity index (χ3v) is 4.30. The van der Waals surface area contributed by atoms with E-state index >= 15 is 0 Å². The second kappa shape index (κ2) is 5.92. The Balaban J connectivity index is 0.00000147. The third kappa shape index (κ3) is 2.95. The van der Waals surface area contributed by atoms with Crippen molar-refractivity contribution in [1.29, 1.82) is 0 Å². The van der Waals surface area contributed by atoms with Gasteiger partial charge in [-0.3, -0.25) is 4.90 Å². The molecule has 1 atom stereocenters. The zero-order valence-corrected chi connectivity index (χ0v) is 11.9. The van der Waals surface area contributed by atoms with Gasteiger partial charge in [0.15, 0.2) is 17.5 Å². The molecule has 1 aromatic rings. The molecule has 0 radical (unpaired) electrons. The van der Waals surface area contributed by atoms with Gasteiger partial charge in [0.1, 0.15) is 0 Å². The molecule has 2 saturated heterocycles. The number of nitrogens with one attached hydrogen (secondary N) is 1. The van der Waals surface area contributed by atoms with Crippen molar-refractivity contribution < 1.29 is 13.2 Å². The summed E-state index contributed by atoms with van der Waals surface area (Å²) in [7, 11) is 0. The Hall–Kier alpha value is -0.780. The van der Waals surface area contributed by atoms with E-state index in [0.29, 0.717) is 17.5 Å². The average molecular weight is 307 g/mol. The first-order chi connectivity index (χ1) is 9.08. The summed E-state index contributed by atoms with van der Waals surface area (Å²) >= 11 is 0. The normalized spacial score (nSPS) is 26.1. The van der Waals surface area contributed by atoms with Gasteiger partial charge in [-0.25, -0.2) is 13.2 Å². The van der Waals surface area contributed by atoms with Gasteiger partial charge in [0.05, 0.1) is 0 Å². The lowest BCUT2D eigenvalue weighted by Gasteiger charge is -2.22. The van der Waals surface area contributed by atoms with Crippen LogP contribution < -0.4 is 5.32 Å². The van der Waals surface area contributed by atoms with Crippen molar-refractivity contribution >= 4 is 12.4 Å². The van der Waals surface area contributed by atoms with Crippen molar-refractivity contribution in [3.05, 3.63) is 35.1 Å². The van der Waals surface area contributed by atoms with Crippen molar-refractivity contribution in [3.8, 4) is 0 Å². The van der Waals surface area contributed by atoms with Crippen LogP contribution >= 0.6 is 12.4 Å². The van der Waals surface area contributed by atoms with E-state index < -0.39 is 17.5 Å². The number of benzene rings is 1. The predicted octanol–water partition coefficient (Wildman–Crippen LogP) is 2.71. The van der Waals surface area contributed by atoms with Crippen LogP contribution in [0.25, 0.3) is 0 Å². The van der Waals surface area contributed by atoms with Crippen LogP contribution in [0.15, 0.2) is 12.1 Å². The first-order valence-electron chi connectivity index (χ1n) is 6.65. The van der Waals surface area contributed by atoms with Gasteiger partial charge >= 0.3 is 0 Å². The molecule has 20 heavy (non-hydrogen) atoms. The molecule has 0 aromatic heterocycles. The van der Waals surface area contributed by atoms with Crippen LogP contribution in [0.5, 0.6) is 0 Å². The molecule has 2 aliphatic rings. The lowest BCUT2D eigenvalue weighted by atomic mass is 9.86. The molecule has 2 aliphatic heterocycles. The Morgan fingerprint density at radius 3 is 2.45 bits per heavy atom. The predicted molar refractivity (Wildman–Crippen MR) is 73.4 cm³/mol. The van der Waals surface area contributed by atoms with Gasteiger partial charge in [-0.2, -0.15) is 0 Å². The molecule has 2 fully saturated rings. The van der Waals surface area contributed by atoms with E-state index in [1.54, 1.807) is 0 Å². The second-order valence-electron chi connectivity index (χ2n) is 5.76. The molecular formula is C14H18ClF3N2. The van der Waals surface area contributed by atoms with Crippen molar-refractivity contribution in [2.24, 2.45) is 5.41 Å². The highest BCUT2D eigenvalue weighted by atomic mass is 35.5. The zero-order chi connectivity index (χ0) is 13.5. The average Bonchev–Trinajstić information content (AvgIpc) is 2.97. The van der Waals surface area contributed by atoms with E-state index in [9.17, 15) is 13.2 Å². The molecule has 6 heteroatoms. The van der Waals surface area contributed by atoms with Gasteiger partial charge in [0.2, 0.25) is 0 Å². The fourth-order valence-electron chi connectivity index (χ4n) is 3.26. The highest BCUT2D eigenvalue weighted by Crippen LogP contribution is 2.36. The van der Waals surface area contributed by atoms with E-state index in [4.69, 9.17) is 0 Å². The summed E-state index contributed by atoms with van der Waals surface area (Å²) in [5.41, 5.74) is 0.830. The summed E-state index contributed by atoms with van der Waals surface area (Å²) in [4.78, 5) is 2.19. The molecule has 2 nitrogen and oxygen atoms in total. The van der Waals surface area contributed by atoms with Gasteiger partial charge in [0.25, 0.3) is 0 Å². The molecule has 1 unspecified atom stereocenters. The van der Waals surface area contributed by atoms with Crippen molar-refractivity contribution in [2.75, 3.05) is 26.2 Å². The Morgan fingerprint density at radius 1 is 1.15 bits per heavy atom. The molecule has 0 amide bonds. The maximum Gasteiger partial charge on any atom is 0.194 e. The smallest absolute Gasteiger partial charge is 0.194 e. The van der Waals surface area contributed by atoms with Crippen molar-refractivity contribution in [3.63, 3.8) is 0 Å². The van der Waals surface area contributed by atoms with Crippen molar-refractivity contribution in [1.82, 2.24) is 10.2 Å². The van der Waals surface area contributed by atoms with Gasteiger partial charge in [-0.15, -0.1) is 12.4 Å². The lowest BCUT2D eigenvalue weighted by Crippen LogP contribution is -2.29. The van der Waals surface area contributed by atoms with E-state index in [0.717, 1.165) is 51.2 Å². The highest BCUT2D eigenvalue weighted by molar-refractivity contribution is 5.85. The maximum absolute atomic E-state index is 13.2. The van der Waals surface area contributed by atoms with Crippen LogP contribution in [0.4, 0.5) is 13.2 Å². The van der Waals surface area contributed by atoms with E-state index in [-0.39, 0.29) is 12.4 Å². The van der Waals surface area contributed by atoms with Crippen LogP contribution in [-0.2, 0) is 6.54 Å². The van der Waals surface area contributed by atoms with Gasteiger partial charge < -0.3 is 5.32 Å². The third-order valence-electron chi connectivity index (χ3n) is 4.30. The second-order valence-corrected chi connectivity index (χ2v) is 5.76. The molecule has 1 N–H and O–H groups in total. The van der Waals surface area contributed by atoms with Crippen LogP contribution in [-0.4, -0.2) is 31.1 Å². The summed E-state index contributed by atoms with van der Waals surface area (Å²) in [6, 6.07) is 2.19. The molecule has 112 valence electrons. The van der Waals surface area contributed by atoms with Gasteiger partial charge in [-0.1, -0.05) is 0 Å². The summed E-state index contributed by atoms with van der Waals surface area (Å²) in [5.74, 6) is -3.60. The van der Waals surface area contributed by atoms with E-state index in [1.165, 1.54) is 0 Å². The number of hydrogen-bond acceptors (Lipinski definition) is 2. The first kappa shape index (κ1) is 15.6. The minimum Gasteiger partial charge on any atom is -0.316 e. The van der Waals surface area contributed by atoms with Gasteiger partial charge in [-0.05, 0) is 49.0 Å². The summed E-state index contributed by atoms with van der Waals surface area (Å²) in [6.45, 7) is 4.43. The summed E-state index contributed by atoms with van der Waals surface area (Å²) in [5, 5.41) is 3.37. The number of hydrogen-bond donors (Lipinski definition) is 1. The minimum atomic E-state index is -1.39. The Kier molecular flexibility index (Phi) is 4.62. The molecule has 0 bridgehead atoms. The molecule has 2 heterocycles. The topological polar surface area (TPSA) is 15.3 Å². The van der Waals surface area contributed by atoms with E-state index in [1.807, 2.05) is 0 Å². The minimum absolute atomic E-state index is 0. The number of rotatable bonds is 2. The number of halogens is 4. The maximum atomic E-state index is 13.2. The fourth-order valence-corrected chi connectivity index (χ4v) is 3.26. The molecule has 3 rings (SSSR count). The van der Waals surface area contributed by atoms with Gasteiger partial charge in [0, 0.05) is 19.6 Å². The molecular weight excluding hydrogens is 289 g/mol. The zero-order valence-electron chi connectivity index (χ0n) is 11.1. The van der Waals surface area contributed by atoms with Crippen LogP contribution in [0.3, 0.4) is 0 Å². The SMILES string of the molecule is Cl.Fc1cc(CN2CCC3(CCNC3)C2)cc(F)c1F. The Morgan fingerprint density at radius 2 is 1.85 bits per heavy atom. The monoisotopic (exact) mass is 306 g/mol. The van der Waals surface area contributed by atoms with Crippen LogP contribution in [0, 0.1) is 22.9 Å². The molecule has 0 saturated carbocycles. The lowest BCUT2D eigenvalue weighted by molar-refractivity contribution is 0.268. The van der Waals surface area contributed by atoms with Crippen LogP contribution in [0.1, 0.15) is 18.4 Å². The Bertz CT molecular complexity index is 466. The van der Waals surface area contributed by atoms with E-state index in [2.05, 4.69) is 10.2 Å². The number of likely N-dealkylation sites (tertiary alicyclic amines) is 1. The number of nitrogens with zero attached hydrogens (tertiary/aromatic N) is 1. The molecule has 0 aliphatic carbocycles. The summed E-state index contributed by atoms with van der Waals surface area (Å²) < 4.78 is 39.2. The first-order valence-corrected chi connectivity index (χ1v) is 6.65. The Labute approximate surface area is 122 Å². The summed E-state index contributed by atoms with van der Waals surface area (Å²) in [6.07, 6.45) is 2.28. The quantitative estimate of drug-likeness (QED) is 0.845.